The lowest BCUT2D eigenvalue weighted by atomic mass is 9.85. The third-order valence-electron chi connectivity index (χ3n) is 12.0. The van der Waals surface area contributed by atoms with Crippen molar-refractivity contribution in [2.24, 2.45) is 16.8 Å². The first-order valence-electron chi connectivity index (χ1n) is 19.8. The highest BCUT2D eigenvalue weighted by Gasteiger charge is 2.32. The van der Waals surface area contributed by atoms with Gasteiger partial charge in [-0.3, -0.25) is 4.57 Å². The molecule has 57 heavy (non-hydrogen) atoms. The average Bonchev–Trinajstić information content (AvgIpc) is 3.58. The molecule has 6 nitrogen and oxygen atoms in total. The zero-order valence-corrected chi connectivity index (χ0v) is 31.9. The van der Waals surface area contributed by atoms with Crippen LogP contribution in [0, 0.1) is 11.8 Å². The van der Waals surface area contributed by atoms with Crippen LogP contribution < -0.4 is 15.5 Å². The molecule has 0 amide bonds. The molecule has 0 saturated heterocycles. The summed E-state index contributed by atoms with van der Waals surface area (Å²) in [6.45, 7) is 2.30. The van der Waals surface area contributed by atoms with E-state index in [2.05, 4.69) is 198 Å². The highest BCUT2D eigenvalue weighted by Crippen LogP contribution is 2.43. The summed E-state index contributed by atoms with van der Waals surface area (Å²) in [5, 5.41) is 4.31. The molecule has 0 spiro atoms. The molecule has 3 heterocycles. The van der Waals surface area contributed by atoms with Crippen LogP contribution in [-0.4, -0.2) is 26.5 Å². The molecule has 4 aliphatic rings. The number of fused-ring (bicyclic) bond motifs is 6. The maximum Gasteiger partial charge on any atom is 0.204 e. The summed E-state index contributed by atoms with van der Waals surface area (Å²) in [5.41, 5.74) is 12.7. The summed E-state index contributed by atoms with van der Waals surface area (Å²) < 4.78 is 2.30. The standard InChI is InChI=1S/C51H40N6/c1-33-12-6-7-15-41(33)48-43-17-8-10-18-45(43)53-51(55(48)2)57-47-19-11-9-16-42(47)44-32-52-49(54-50(44)57)37-23-27-40(28-24-37)56(46-29-20-34-30-38(46)31-34)39-25-21-36(22-26-39)35-13-4-3-5-14-35/h3-30,32-33,41,51H,31H2,1-2H3. The number of hydrogen-bond donors (Lipinski definition) is 0. The predicted octanol–water partition coefficient (Wildman–Crippen LogP) is 10.5. The summed E-state index contributed by atoms with van der Waals surface area (Å²) in [6.07, 6.45) is 11.6. The van der Waals surface area contributed by atoms with Crippen LogP contribution in [-0.2, 0) is 6.42 Å². The van der Waals surface area contributed by atoms with Crippen molar-refractivity contribution in [3.63, 3.8) is 0 Å². The number of benzene rings is 6. The molecule has 3 atom stereocenters. The molecule has 3 aliphatic carbocycles. The Morgan fingerprint density at radius 3 is 2.11 bits per heavy atom. The van der Waals surface area contributed by atoms with Gasteiger partial charge in [0.2, 0.25) is 6.29 Å². The fourth-order valence-corrected chi connectivity index (χ4v) is 8.99. The van der Waals surface area contributed by atoms with Crippen molar-refractivity contribution in [2.45, 2.75) is 19.6 Å². The number of hydrogen-bond acceptors (Lipinski definition) is 5. The Labute approximate surface area is 331 Å². The first kappa shape index (κ1) is 33.3. The molecule has 6 heteroatoms. The first-order valence-corrected chi connectivity index (χ1v) is 19.8. The van der Waals surface area contributed by atoms with E-state index in [0.717, 1.165) is 50.7 Å². The van der Waals surface area contributed by atoms with Crippen LogP contribution in [0.1, 0.15) is 24.3 Å². The Hall–Kier alpha value is -7.05. The van der Waals surface area contributed by atoms with Gasteiger partial charge in [0.15, 0.2) is 5.82 Å². The van der Waals surface area contributed by atoms with Crippen molar-refractivity contribution in [1.29, 1.82) is 0 Å². The van der Waals surface area contributed by atoms with Gasteiger partial charge in [0, 0.05) is 63.5 Å². The van der Waals surface area contributed by atoms with E-state index in [-0.39, 0.29) is 12.2 Å². The number of anilines is 3. The largest absolute Gasteiger partial charge is 0.338 e. The van der Waals surface area contributed by atoms with E-state index in [1.165, 1.54) is 38.9 Å². The fourth-order valence-electron chi connectivity index (χ4n) is 8.99. The monoisotopic (exact) mass is 736 g/mol. The minimum absolute atomic E-state index is 0.223. The van der Waals surface area contributed by atoms with E-state index >= 15 is 0 Å². The number of rotatable bonds is 7. The highest BCUT2D eigenvalue weighted by molar-refractivity contribution is 6.06. The van der Waals surface area contributed by atoms with E-state index in [1.54, 1.807) is 0 Å². The topological polar surface area (TPSA) is 49.6 Å². The summed E-state index contributed by atoms with van der Waals surface area (Å²) in [5.74, 6) is 1.26. The second-order valence-electron chi connectivity index (χ2n) is 15.4. The number of allylic oxidation sites excluding steroid dienone is 3. The average molecular weight is 737 g/mol. The fraction of sp³-hybridized carbons (Fsp3) is 0.118. The molecule has 0 fully saturated rings. The van der Waals surface area contributed by atoms with Gasteiger partial charge in [-0.05, 0) is 89.2 Å². The normalized spacial score (nSPS) is 18.0. The molecule has 0 saturated carbocycles. The van der Waals surface area contributed by atoms with Gasteiger partial charge >= 0.3 is 0 Å². The van der Waals surface area contributed by atoms with Crippen LogP contribution in [0.4, 0.5) is 17.1 Å². The molecule has 0 radical (unpaired) electrons. The van der Waals surface area contributed by atoms with Crippen LogP contribution in [0.3, 0.4) is 0 Å². The van der Waals surface area contributed by atoms with Gasteiger partial charge in [-0.15, -0.1) is 0 Å². The van der Waals surface area contributed by atoms with Crippen molar-refractivity contribution < 1.29 is 0 Å². The molecule has 8 aromatic rings. The Morgan fingerprint density at radius 1 is 0.667 bits per heavy atom. The summed E-state index contributed by atoms with van der Waals surface area (Å²) in [7, 11) is 2.18. The quantitative estimate of drug-likeness (QED) is 0.163. The van der Waals surface area contributed by atoms with E-state index in [1.807, 2.05) is 6.20 Å². The lowest BCUT2D eigenvalue weighted by Crippen LogP contribution is -2.45. The van der Waals surface area contributed by atoms with Crippen LogP contribution >= 0.6 is 0 Å². The van der Waals surface area contributed by atoms with Gasteiger partial charge in [0.05, 0.1) is 10.9 Å². The van der Waals surface area contributed by atoms with Crippen molar-refractivity contribution in [1.82, 2.24) is 19.4 Å². The van der Waals surface area contributed by atoms with Crippen molar-refractivity contribution in [3.05, 3.63) is 198 Å². The van der Waals surface area contributed by atoms with Gasteiger partial charge < -0.3 is 9.80 Å². The Bertz CT molecular complexity index is 3030. The third-order valence-corrected chi connectivity index (χ3v) is 12.0. The molecule has 12 rings (SSSR count). The minimum Gasteiger partial charge on any atom is -0.338 e. The lowest BCUT2D eigenvalue weighted by molar-refractivity contribution is 0.250. The molecule has 0 N–H and O–H groups in total. The maximum atomic E-state index is 5.42. The molecule has 274 valence electrons. The van der Waals surface area contributed by atoms with Gasteiger partial charge in [-0.1, -0.05) is 122 Å². The van der Waals surface area contributed by atoms with Crippen LogP contribution in [0.2, 0.25) is 0 Å². The lowest BCUT2D eigenvalue weighted by Gasteiger charge is -2.38. The molecule has 6 aromatic carbocycles. The van der Waals surface area contributed by atoms with Gasteiger partial charge in [0.25, 0.3) is 0 Å². The minimum atomic E-state index is -0.338. The van der Waals surface area contributed by atoms with Crippen molar-refractivity contribution in [2.75, 3.05) is 11.9 Å². The van der Waals surface area contributed by atoms with Crippen LogP contribution in [0.15, 0.2) is 181 Å². The van der Waals surface area contributed by atoms with E-state index in [9.17, 15) is 0 Å². The Morgan fingerprint density at radius 2 is 1.35 bits per heavy atom. The Kier molecular flexibility index (Phi) is 7.78. The molecule has 2 bridgehead atoms. The summed E-state index contributed by atoms with van der Waals surface area (Å²) in [6, 6.07) is 52.0. The van der Waals surface area contributed by atoms with Crippen LogP contribution in [0.5, 0.6) is 0 Å². The summed E-state index contributed by atoms with van der Waals surface area (Å²) in [4.78, 5) is 20.5. The maximum absolute atomic E-state index is 5.42. The number of aromatic nitrogens is 3. The molecule has 3 unspecified atom stereocenters. The molecular formula is C51H40N6. The van der Waals surface area contributed by atoms with Crippen molar-refractivity contribution in [3.8, 4) is 22.5 Å². The van der Waals surface area contributed by atoms with Gasteiger partial charge in [-0.2, -0.15) is 0 Å². The Balaban J connectivity index is 1.00. The van der Waals surface area contributed by atoms with Crippen LogP contribution in [0.25, 0.3) is 50.1 Å². The molecule has 1 aliphatic heterocycles. The highest BCUT2D eigenvalue weighted by atomic mass is 15.4. The second kappa shape index (κ2) is 13.3. The third kappa shape index (κ3) is 5.51. The van der Waals surface area contributed by atoms with Gasteiger partial charge in [-0.25, -0.2) is 15.0 Å². The van der Waals surface area contributed by atoms with E-state index < -0.39 is 0 Å². The zero-order valence-electron chi connectivity index (χ0n) is 31.9. The SMILES string of the molecule is CC1C=CC=CC1C1=c2ccccc2=NC(n2c3ccccc3c3cnc(-c4ccc(N(c5ccc(-c6ccccc6)cc5)c5ccc6cc5C6)cc4)nc32)N1C. The molecular weight excluding hydrogens is 697 g/mol. The van der Waals surface area contributed by atoms with Gasteiger partial charge in [0.1, 0.15) is 5.65 Å². The summed E-state index contributed by atoms with van der Waals surface area (Å²) >= 11 is 0. The zero-order chi connectivity index (χ0) is 38.0. The number of para-hydroxylation sites is 2. The van der Waals surface area contributed by atoms with E-state index in [4.69, 9.17) is 15.0 Å². The first-order chi connectivity index (χ1) is 28.1. The second-order valence-corrected chi connectivity index (χ2v) is 15.4. The smallest absolute Gasteiger partial charge is 0.204 e. The number of nitrogens with zero attached hydrogens (tertiary/aromatic N) is 6. The van der Waals surface area contributed by atoms with E-state index in [0.29, 0.717) is 11.7 Å². The van der Waals surface area contributed by atoms with Crippen molar-refractivity contribution >= 4 is 44.7 Å². The predicted molar refractivity (Wildman–Crippen MR) is 232 cm³/mol. The molecule has 2 aromatic heterocycles.